The summed E-state index contributed by atoms with van der Waals surface area (Å²) >= 11 is 6.13. The number of carbonyl (C=O) groups is 2. The van der Waals surface area contributed by atoms with Crippen LogP contribution in [0, 0.1) is 12.8 Å². The van der Waals surface area contributed by atoms with Crippen molar-refractivity contribution in [2.24, 2.45) is 5.92 Å². The molecule has 1 heterocycles. The maximum absolute atomic E-state index is 12.2. The largest absolute Gasteiger partial charge is 0.481 e. The lowest BCUT2D eigenvalue weighted by atomic mass is 10.1. The van der Waals surface area contributed by atoms with Gasteiger partial charge in [-0.1, -0.05) is 30.7 Å². The minimum Gasteiger partial charge on any atom is -0.481 e. The number of halogens is 1. The van der Waals surface area contributed by atoms with Crippen molar-refractivity contribution >= 4 is 23.5 Å². The van der Waals surface area contributed by atoms with Crippen molar-refractivity contribution in [2.45, 2.75) is 20.3 Å². The fourth-order valence-electron chi connectivity index (χ4n) is 2.17. The SMILES string of the molecule is Cc1cn(-c2ccccc2Cl)nc1C(=O)NCC(C)CC(=O)O. The van der Waals surface area contributed by atoms with Gasteiger partial charge in [-0.2, -0.15) is 5.10 Å². The van der Waals surface area contributed by atoms with Crippen molar-refractivity contribution in [3.63, 3.8) is 0 Å². The van der Waals surface area contributed by atoms with Gasteiger partial charge in [0.2, 0.25) is 0 Å². The third kappa shape index (κ3) is 4.32. The molecule has 23 heavy (non-hydrogen) atoms. The zero-order chi connectivity index (χ0) is 17.0. The zero-order valence-corrected chi connectivity index (χ0v) is 13.7. The van der Waals surface area contributed by atoms with E-state index >= 15 is 0 Å². The summed E-state index contributed by atoms with van der Waals surface area (Å²) in [5, 5.41) is 16.3. The number of para-hydroxylation sites is 1. The van der Waals surface area contributed by atoms with Crippen LogP contribution in [-0.2, 0) is 4.79 Å². The number of aliphatic carboxylic acids is 1. The molecule has 1 amide bonds. The number of nitrogens with one attached hydrogen (secondary N) is 1. The third-order valence-electron chi connectivity index (χ3n) is 3.35. The lowest BCUT2D eigenvalue weighted by molar-refractivity contribution is -0.137. The first kappa shape index (κ1) is 17.0. The molecule has 0 spiro atoms. The van der Waals surface area contributed by atoms with Crippen molar-refractivity contribution in [3.05, 3.63) is 46.7 Å². The molecule has 0 saturated heterocycles. The van der Waals surface area contributed by atoms with Crippen molar-refractivity contribution < 1.29 is 14.7 Å². The summed E-state index contributed by atoms with van der Waals surface area (Å²) in [7, 11) is 0. The van der Waals surface area contributed by atoms with Crippen LogP contribution in [-0.4, -0.2) is 33.3 Å². The van der Waals surface area contributed by atoms with Gasteiger partial charge >= 0.3 is 5.97 Å². The number of carboxylic acid groups (broad SMARTS) is 1. The fourth-order valence-corrected chi connectivity index (χ4v) is 2.39. The van der Waals surface area contributed by atoms with Crippen LogP contribution in [0.3, 0.4) is 0 Å². The highest BCUT2D eigenvalue weighted by Gasteiger charge is 2.17. The van der Waals surface area contributed by atoms with Gasteiger partial charge in [-0.25, -0.2) is 4.68 Å². The second kappa shape index (κ2) is 7.28. The number of rotatable bonds is 6. The van der Waals surface area contributed by atoms with Crippen LogP contribution in [0.2, 0.25) is 5.02 Å². The number of carbonyl (C=O) groups excluding carboxylic acids is 1. The topological polar surface area (TPSA) is 84.2 Å². The summed E-state index contributed by atoms with van der Waals surface area (Å²) in [6.45, 7) is 3.84. The molecule has 6 nitrogen and oxygen atoms in total. The summed E-state index contributed by atoms with van der Waals surface area (Å²) in [5.41, 5.74) is 1.70. The Bertz CT molecular complexity index is 727. The highest BCUT2D eigenvalue weighted by molar-refractivity contribution is 6.32. The van der Waals surface area contributed by atoms with Gasteiger partial charge in [-0.05, 0) is 25.0 Å². The van der Waals surface area contributed by atoms with Crippen molar-refractivity contribution in [2.75, 3.05) is 6.54 Å². The maximum Gasteiger partial charge on any atom is 0.303 e. The summed E-state index contributed by atoms with van der Waals surface area (Å²) in [6, 6.07) is 7.22. The highest BCUT2D eigenvalue weighted by atomic mass is 35.5. The summed E-state index contributed by atoms with van der Waals surface area (Å²) in [5.74, 6) is -1.36. The van der Waals surface area contributed by atoms with E-state index in [-0.39, 0.29) is 24.8 Å². The van der Waals surface area contributed by atoms with Crippen LogP contribution in [0.4, 0.5) is 0 Å². The molecule has 1 aromatic carbocycles. The summed E-state index contributed by atoms with van der Waals surface area (Å²) in [4.78, 5) is 22.8. The van der Waals surface area contributed by atoms with E-state index in [9.17, 15) is 9.59 Å². The van der Waals surface area contributed by atoms with Crippen LogP contribution in [0.25, 0.3) is 5.69 Å². The molecule has 1 unspecified atom stereocenters. The molecule has 7 heteroatoms. The van der Waals surface area contributed by atoms with Crippen molar-refractivity contribution in [1.29, 1.82) is 0 Å². The molecular formula is C16H18ClN3O3. The van der Waals surface area contributed by atoms with E-state index in [1.807, 2.05) is 18.2 Å². The molecule has 1 atom stereocenters. The summed E-state index contributed by atoms with van der Waals surface area (Å²) < 4.78 is 1.56. The molecule has 0 aliphatic heterocycles. The molecular weight excluding hydrogens is 318 g/mol. The van der Waals surface area contributed by atoms with E-state index in [2.05, 4.69) is 10.4 Å². The van der Waals surface area contributed by atoms with Crippen LogP contribution in [0.1, 0.15) is 29.4 Å². The molecule has 0 fully saturated rings. The van der Waals surface area contributed by atoms with Gasteiger partial charge < -0.3 is 10.4 Å². The number of aromatic nitrogens is 2. The number of hydrogen-bond donors (Lipinski definition) is 2. The quantitative estimate of drug-likeness (QED) is 0.850. The second-order valence-corrected chi connectivity index (χ2v) is 5.88. The van der Waals surface area contributed by atoms with Crippen molar-refractivity contribution in [1.82, 2.24) is 15.1 Å². The van der Waals surface area contributed by atoms with Crippen molar-refractivity contribution in [3.8, 4) is 5.69 Å². The first-order chi connectivity index (χ1) is 10.9. The smallest absolute Gasteiger partial charge is 0.303 e. The van der Waals surface area contributed by atoms with Gasteiger partial charge in [0, 0.05) is 24.7 Å². The van der Waals surface area contributed by atoms with Gasteiger partial charge in [0.1, 0.15) is 0 Å². The Kier molecular flexibility index (Phi) is 5.39. The van der Waals surface area contributed by atoms with Gasteiger partial charge in [0.25, 0.3) is 5.91 Å². The van der Waals surface area contributed by atoms with Crippen LogP contribution in [0.15, 0.2) is 30.5 Å². The minimum absolute atomic E-state index is 0.00727. The second-order valence-electron chi connectivity index (χ2n) is 5.47. The zero-order valence-electron chi connectivity index (χ0n) is 12.9. The number of carboxylic acids is 1. The average Bonchev–Trinajstić information content (AvgIpc) is 2.86. The Morgan fingerprint density at radius 2 is 2.09 bits per heavy atom. The Labute approximate surface area is 139 Å². The van der Waals surface area contributed by atoms with Crippen LogP contribution in [0.5, 0.6) is 0 Å². The highest BCUT2D eigenvalue weighted by Crippen LogP contribution is 2.20. The van der Waals surface area contributed by atoms with E-state index in [0.717, 1.165) is 0 Å². The molecule has 0 aliphatic carbocycles. The van der Waals surface area contributed by atoms with Gasteiger partial charge in [-0.15, -0.1) is 0 Å². The third-order valence-corrected chi connectivity index (χ3v) is 3.67. The van der Waals surface area contributed by atoms with Gasteiger partial charge in [0.05, 0.1) is 10.7 Å². The molecule has 2 N–H and O–H groups in total. The first-order valence-corrected chi connectivity index (χ1v) is 7.57. The Morgan fingerprint density at radius 3 is 2.74 bits per heavy atom. The maximum atomic E-state index is 12.2. The monoisotopic (exact) mass is 335 g/mol. The number of amides is 1. The molecule has 2 rings (SSSR count). The normalized spacial score (nSPS) is 12.0. The Hall–Kier alpha value is -2.34. The van der Waals surface area contributed by atoms with E-state index in [0.29, 0.717) is 22.0 Å². The minimum atomic E-state index is -0.883. The number of benzene rings is 1. The Morgan fingerprint density at radius 1 is 1.39 bits per heavy atom. The predicted octanol–water partition coefficient (Wildman–Crippen LogP) is 2.67. The van der Waals surface area contributed by atoms with E-state index in [4.69, 9.17) is 16.7 Å². The molecule has 1 aromatic heterocycles. The van der Waals surface area contributed by atoms with E-state index in [1.54, 1.807) is 30.8 Å². The lowest BCUT2D eigenvalue weighted by Crippen LogP contribution is -2.30. The molecule has 122 valence electrons. The first-order valence-electron chi connectivity index (χ1n) is 7.19. The number of hydrogen-bond acceptors (Lipinski definition) is 3. The van der Waals surface area contributed by atoms with Crippen LogP contribution >= 0.6 is 11.6 Å². The number of nitrogens with zero attached hydrogens (tertiary/aromatic N) is 2. The summed E-state index contributed by atoms with van der Waals surface area (Å²) in [6.07, 6.45) is 1.74. The number of aryl methyl sites for hydroxylation is 1. The molecule has 2 aromatic rings. The molecule has 0 saturated carbocycles. The van der Waals surface area contributed by atoms with E-state index < -0.39 is 5.97 Å². The average molecular weight is 336 g/mol. The standard InChI is InChI=1S/C16H18ClN3O3/c1-10(7-14(21)22)8-18-16(23)15-11(2)9-20(19-15)13-6-4-3-5-12(13)17/h3-6,9-10H,7-8H2,1-2H3,(H,18,23)(H,21,22). The fraction of sp³-hybridized carbons (Fsp3) is 0.312. The van der Waals surface area contributed by atoms with Gasteiger partial charge in [-0.3, -0.25) is 9.59 Å². The predicted molar refractivity (Wildman–Crippen MR) is 87.1 cm³/mol. The van der Waals surface area contributed by atoms with Gasteiger partial charge in [0.15, 0.2) is 5.69 Å². The van der Waals surface area contributed by atoms with Crippen LogP contribution < -0.4 is 5.32 Å². The lowest BCUT2D eigenvalue weighted by Gasteiger charge is -2.09. The molecule has 0 bridgehead atoms. The molecule has 0 radical (unpaired) electrons. The molecule has 0 aliphatic rings. The van der Waals surface area contributed by atoms with E-state index in [1.165, 1.54) is 0 Å². The Balaban J connectivity index is 2.10.